The maximum atomic E-state index is 12.6. The molecule has 1 aromatic carbocycles. The number of nitrogens with two attached hydrogens (primary N) is 1. The van der Waals surface area contributed by atoms with Gasteiger partial charge >= 0.3 is 0 Å². The van der Waals surface area contributed by atoms with Gasteiger partial charge in [0.15, 0.2) is 0 Å². The molecule has 0 saturated carbocycles. The number of hydrogen-bond donors (Lipinski definition) is 1. The van der Waals surface area contributed by atoms with Crippen LogP contribution >= 0.6 is 0 Å². The van der Waals surface area contributed by atoms with Crippen molar-refractivity contribution >= 4 is 5.91 Å². The fourth-order valence-corrected chi connectivity index (χ4v) is 3.28. The summed E-state index contributed by atoms with van der Waals surface area (Å²) in [6.07, 6.45) is 3.94. The third-order valence-electron chi connectivity index (χ3n) is 4.87. The Morgan fingerprint density at radius 1 is 1.18 bits per heavy atom. The van der Waals surface area contributed by atoms with Gasteiger partial charge in [-0.1, -0.05) is 45.0 Å². The number of nitrogens with zero attached hydrogens (tertiary/aromatic N) is 1. The summed E-state index contributed by atoms with van der Waals surface area (Å²) in [6.45, 7) is 8.00. The number of rotatable bonds is 5. The van der Waals surface area contributed by atoms with Crippen molar-refractivity contribution in [2.75, 3.05) is 13.1 Å². The number of benzene rings is 1. The Kier molecular flexibility index (Phi) is 6.01. The summed E-state index contributed by atoms with van der Waals surface area (Å²) in [5.41, 5.74) is 8.42. The topological polar surface area (TPSA) is 46.3 Å². The van der Waals surface area contributed by atoms with Crippen molar-refractivity contribution in [3.05, 3.63) is 35.4 Å². The first-order chi connectivity index (χ1) is 10.5. The van der Waals surface area contributed by atoms with E-state index < -0.39 is 0 Å². The van der Waals surface area contributed by atoms with E-state index in [1.165, 1.54) is 17.5 Å². The molecule has 0 spiro atoms. The molecule has 3 nitrogen and oxygen atoms in total. The summed E-state index contributed by atoms with van der Waals surface area (Å²) in [5.74, 6) is 1.06. The standard InChI is InChI=1S/C19H30N2O/c1-14(2)16-7-9-17(10-8-16)15(3)12-19(22)21-11-5-4-6-18(21)13-20/h7-10,14-15,18H,4-6,11-13,20H2,1-3H3. The van der Waals surface area contributed by atoms with Crippen LogP contribution < -0.4 is 5.73 Å². The van der Waals surface area contributed by atoms with Crippen molar-refractivity contribution in [3.63, 3.8) is 0 Å². The fourth-order valence-electron chi connectivity index (χ4n) is 3.28. The molecular weight excluding hydrogens is 272 g/mol. The van der Waals surface area contributed by atoms with Crippen LogP contribution in [0.2, 0.25) is 0 Å². The van der Waals surface area contributed by atoms with Crippen LogP contribution in [-0.2, 0) is 4.79 Å². The number of carbonyl (C=O) groups is 1. The third kappa shape index (κ3) is 4.10. The molecule has 2 atom stereocenters. The lowest BCUT2D eigenvalue weighted by Gasteiger charge is -2.35. The van der Waals surface area contributed by atoms with Crippen molar-refractivity contribution in [3.8, 4) is 0 Å². The summed E-state index contributed by atoms with van der Waals surface area (Å²) >= 11 is 0. The molecule has 1 amide bonds. The monoisotopic (exact) mass is 302 g/mol. The molecule has 3 heteroatoms. The van der Waals surface area contributed by atoms with Gasteiger partial charge in [-0.05, 0) is 42.2 Å². The molecular formula is C19H30N2O. The maximum Gasteiger partial charge on any atom is 0.223 e. The van der Waals surface area contributed by atoms with E-state index in [0.717, 1.165) is 19.4 Å². The van der Waals surface area contributed by atoms with E-state index in [1.54, 1.807) is 0 Å². The Morgan fingerprint density at radius 3 is 2.41 bits per heavy atom. The van der Waals surface area contributed by atoms with Gasteiger partial charge in [0.2, 0.25) is 5.91 Å². The number of likely N-dealkylation sites (tertiary alicyclic amines) is 1. The van der Waals surface area contributed by atoms with Gasteiger partial charge in [-0.2, -0.15) is 0 Å². The Hall–Kier alpha value is -1.35. The quantitative estimate of drug-likeness (QED) is 0.902. The largest absolute Gasteiger partial charge is 0.338 e. The molecule has 0 aliphatic carbocycles. The molecule has 2 unspecified atom stereocenters. The Morgan fingerprint density at radius 2 is 1.82 bits per heavy atom. The van der Waals surface area contributed by atoms with E-state index in [1.807, 2.05) is 4.90 Å². The van der Waals surface area contributed by atoms with E-state index in [2.05, 4.69) is 45.0 Å². The maximum absolute atomic E-state index is 12.6. The van der Waals surface area contributed by atoms with Crippen LogP contribution in [0.1, 0.15) is 69.4 Å². The SMILES string of the molecule is CC(C)c1ccc(C(C)CC(=O)N2CCCCC2CN)cc1. The van der Waals surface area contributed by atoms with Gasteiger partial charge in [0.1, 0.15) is 0 Å². The van der Waals surface area contributed by atoms with Crippen LogP contribution in [0.4, 0.5) is 0 Å². The van der Waals surface area contributed by atoms with Gasteiger partial charge in [-0.3, -0.25) is 4.79 Å². The van der Waals surface area contributed by atoms with Crippen LogP contribution in [0.3, 0.4) is 0 Å². The molecule has 1 heterocycles. The lowest BCUT2D eigenvalue weighted by Crippen LogP contribution is -2.47. The molecule has 0 radical (unpaired) electrons. The zero-order valence-electron chi connectivity index (χ0n) is 14.2. The van der Waals surface area contributed by atoms with Gasteiger partial charge < -0.3 is 10.6 Å². The molecule has 122 valence electrons. The Labute approximate surface area is 134 Å². The second-order valence-corrected chi connectivity index (χ2v) is 6.90. The van der Waals surface area contributed by atoms with Crippen molar-refractivity contribution in [2.45, 2.75) is 64.3 Å². The summed E-state index contributed by atoms with van der Waals surface area (Å²) in [5, 5.41) is 0. The van der Waals surface area contributed by atoms with E-state index in [-0.39, 0.29) is 17.9 Å². The first-order valence-corrected chi connectivity index (χ1v) is 8.62. The average Bonchev–Trinajstić information content (AvgIpc) is 2.54. The molecule has 2 rings (SSSR count). The highest BCUT2D eigenvalue weighted by molar-refractivity contribution is 5.77. The van der Waals surface area contributed by atoms with E-state index >= 15 is 0 Å². The zero-order valence-corrected chi connectivity index (χ0v) is 14.2. The molecule has 22 heavy (non-hydrogen) atoms. The van der Waals surface area contributed by atoms with Crippen molar-refractivity contribution < 1.29 is 4.79 Å². The van der Waals surface area contributed by atoms with Crippen molar-refractivity contribution in [2.24, 2.45) is 5.73 Å². The van der Waals surface area contributed by atoms with Crippen molar-refractivity contribution in [1.29, 1.82) is 0 Å². The van der Waals surface area contributed by atoms with Gasteiger partial charge in [0.05, 0.1) is 0 Å². The molecule has 0 bridgehead atoms. The number of carbonyl (C=O) groups excluding carboxylic acids is 1. The molecule has 1 aromatic rings. The van der Waals surface area contributed by atoms with E-state index in [9.17, 15) is 4.79 Å². The fraction of sp³-hybridized carbons (Fsp3) is 0.632. The molecule has 1 aliphatic rings. The van der Waals surface area contributed by atoms with Gasteiger partial charge in [-0.15, -0.1) is 0 Å². The van der Waals surface area contributed by atoms with Crippen LogP contribution in [0.15, 0.2) is 24.3 Å². The first kappa shape index (κ1) is 17.0. The van der Waals surface area contributed by atoms with Gasteiger partial charge in [0, 0.05) is 25.6 Å². The molecule has 1 saturated heterocycles. The summed E-state index contributed by atoms with van der Waals surface area (Å²) in [6, 6.07) is 8.96. The molecule has 2 N–H and O–H groups in total. The predicted octanol–water partition coefficient (Wildman–Crippen LogP) is 3.64. The third-order valence-corrected chi connectivity index (χ3v) is 4.87. The summed E-state index contributed by atoms with van der Waals surface area (Å²) in [7, 11) is 0. The van der Waals surface area contributed by atoms with E-state index in [4.69, 9.17) is 5.73 Å². The van der Waals surface area contributed by atoms with Gasteiger partial charge in [-0.25, -0.2) is 0 Å². The minimum absolute atomic E-state index is 0.247. The number of hydrogen-bond acceptors (Lipinski definition) is 2. The second kappa shape index (κ2) is 7.77. The smallest absolute Gasteiger partial charge is 0.223 e. The second-order valence-electron chi connectivity index (χ2n) is 6.90. The molecule has 1 fully saturated rings. The van der Waals surface area contributed by atoms with Crippen molar-refractivity contribution in [1.82, 2.24) is 4.90 Å². The first-order valence-electron chi connectivity index (χ1n) is 8.62. The lowest BCUT2D eigenvalue weighted by atomic mass is 9.93. The normalized spacial score (nSPS) is 20.2. The predicted molar refractivity (Wildman–Crippen MR) is 92.0 cm³/mol. The molecule has 1 aliphatic heterocycles. The minimum atomic E-state index is 0.247. The highest BCUT2D eigenvalue weighted by Gasteiger charge is 2.26. The molecule has 0 aromatic heterocycles. The van der Waals surface area contributed by atoms with Crippen LogP contribution in [-0.4, -0.2) is 29.9 Å². The summed E-state index contributed by atoms with van der Waals surface area (Å²) < 4.78 is 0. The van der Waals surface area contributed by atoms with Gasteiger partial charge in [0.25, 0.3) is 0 Å². The highest BCUT2D eigenvalue weighted by atomic mass is 16.2. The average molecular weight is 302 g/mol. The van der Waals surface area contributed by atoms with E-state index in [0.29, 0.717) is 18.9 Å². The Bertz CT molecular complexity index is 481. The van der Waals surface area contributed by atoms with Crippen LogP contribution in [0.5, 0.6) is 0 Å². The summed E-state index contributed by atoms with van der Waals surface area (Å²) in [4.78, 5) is 14.6. The van der Waals surface area contributed by atoms with Crippen LogP contribution in [0.25, 0.3) is 0 Å². The van der Waals surface area contributed by atoms with Crippen LogP contribution in [0, 0.1) is 0 Å². The zero-order chi connectivity index (χ0) is 16.1. The highest BCUT2D eigenvalue weighted by Crippen LogP contribution is 2.25. The number of amides is 1. The Balaban J connectivity index is 1.98. The number of piperidine rings is 1. The minimum Gasteiger partial charge on any atom is -0.338 e. The lowest BCUT2D eigenvalue weighted by molar-refractivity contribution is -0.135.